The summed E-state index contributed by atoms with van der Waals surface area (Å²) < 4.78 is 0. The molecule has 0 saturated carbocycles. The number of hydrogen-bond acceptors (Lipinski definition) is 2. The van der Waals surface area contributed by atoms with Gasteiger partial charge >= 0.3 is 0 Å². The maximum absolute atomic E-state index is 8.36. The molecule has 0 aromatic heterocycles. The second-order valence-corrected chi connectivity index (χ2v) is 29.6. The van der Waals surface area contributed by atoms with Crippen molar-refractivity contribution in [2.75, 3.05) is 9.80 Å². The first-order valence-electron chi connectivity index (χ1n) is 29.6. The molecule has 3 heteroatoms. The van der Waals surface area contributed by atoms with Crippen molar-refractivity contribution in [1.29, 1.82) is 0 Å². The second kappa shape index (κ2) is 22.2. The summed E-state index contributed by atoms with van der Waals surface area (Å²) >= 11 is 8.36. The minimum Gasteiger partial charge on any atom is -0.309 e. The first kappa shape index (κ1) is 59.5. The highest BCUT2D eigenvalue weighted by Gasteiger charge is 2.27. The summed E-state index contributed by atoms with van der Waals surface area (Å²) in [5, 5.41) is 0.637. The minimum atomic E-state index is -0.0390. The summed E-state index contributed by atoms with van der Waals surface area (Å²) in [6, 6.07) is 73.5. The van der Waals surface area contributed by atoms with Crippen LogP contribution in [-0.2, 0) is 32.5 Å². The van der Waals surface area contributed by atoms with Gasteiger partial charge in [-0.25, -0.2) is 0 Å². The average Bonchev–Trinajstić information content (AvgIpc) is 2.86. The van der Waals surface area contributed by atoms with Crippen LogP contribution in [0, 0.1) is 6.92 Å². The van der Waals surface area contributed by atoms with Crippen molar-refractivity contribution in [2.45, 2.75) is 164 Å². The molecule has 0 heterocycles. The van der Waals surface area contributed by atoms with Gasteiger partial charge in [-0.2, -0.15) is 0 Å². The fourth-order valence-corrected chi connectivity index (χ4v) is 11.2. The molecule has 9 aromatic carbocycles. The summed E-state index contributed by atoms with van der Waals surface area (Å²) in [6.45, 7) is 43.2. The van der Waals surface area contributed by atoms with Gasteiger partial charge in [0.05, 0.1) is 16.4 Å². The van der Waals surface area contributed by atoms with Crippen LogP contribution in [0.25, 0.3) is 44.5 Å². The number of aryl methyl sites for hydroxylation is 1. The molecule has 0 amide bonds. The van der Waals surface area contributed by atoms with Gasteiger partial charge in [-0.15, -0.1) is 0 Å². The maximum atomic E-state index is 8.36. The van der Waals surface area contributed by atoms with Gasteiger partial charge in [0.1, 0.15) is 0 Å². The van der Waals surface area contributed by atoms with Crippen LogP contribution < -0.4 is 9.80 Å². The van der Waals surface area contributed by atoms with E-state index in [9.17, 15) is 0 Å². The number of hydrogen-bond donors (Lipinski definition) is 0. The van der Waals surface area contributed by atoms with Gasteiger partial charge in [-0.3, -0.25) is 0 Å². The molecular weight excluding hydrogens is 1010 g/mol. The Labute approximate surface area is 499 Å². The minimum absolute atomic E-state index is 0.0246. The van der Waals surface area contributed by atoms with E-state index < -0.39 is 0 Å². The lowest BCUT2D eigenvalue weighted by Gasteiger charge is -2.33. The Hall–Kier alpha value is -7.13. The lowest BCUT2D eigenvalue weighted by molar-refractivity contribution is 0.590. The van der Waals surface area contributed by atoms with Gasteiger partial charge in [0.2, 0.25) is 0 Å². The number of rotatable bonds is 10. The molecule has 0 aliphatic heterocycles. The van der Waals surface area contributed by atoms with Crippen LogP contribution in [0.1, 0.15) is 164 Å². The van der Waals surface area contributed by atoms with Crippen molar-refractivity contribution in [2.24, 2.45) is 0 Å². The molecule has 82 heavy (non-hydrogen) atoms. The van der Waals surface area contributed by atoms with Crippen molar-refractivity contribution in [3.63, 3.8) is 0 Å². The van der Waals surface area contributed by atoms with E-state index in [1.165, 1.54) is 33.4 Å². The molecule has 2 nitrogen and oxygen atoms in total. The summed E-state index contributed by atoms with van der Waals surface area (Å²) in [4.78, 5) is 4.78. The van der Waals surface area contributed by atoms with Gasteiger partial charge in [0.25, 0.3) is 0 Å². The lowest BCUT2D eigenvalue weighted by atomic mass is 9.85. The van der Waals surface area contributed by atoms with Crippen LogP contribution in [0.3, 0.4) is 0 Å². The van der Waals surface area contributed by atoms with Crippen molar-refractivity contribution in [3.05, 3.63) is 238 Å². The molecular formula is C79H89ClN2. The molecule has 0 saturated heterocycles. The van der Waals surface area contributed by atoms with Gasteiger partial charge in [0, 0.05) is 22.7 Å². The maximum Gasteiger partial charge on any atom is 0.0887 e. The number of halogens is 1. The highest BCUT2D eigenvalue weighted by molar-refractivity contribution is 6.36. The Morgan fingerprint density at radius 2 is 0.427 bits per heavy atom. The molecule has 0 N–H and O–H groups in total. The third kappa shape index (κ3) is 13.2. The second-order valence-electron chi connectivity index (χ2n) is 29.2. The van der Waals surface area contributed by atoms with Crippen molar-refractivity contribution < 1.29 is 0 Å². The van der Waals surface area contributed by atoms with E-state index in [0.29, 0.717) is 5.02 Å². The number of benzene rings is 9. The zero-order valence-corrected chi connectivity index (χ0v) is 53.5. The molecule has 0 spiro atoms. The quantitative estimate of drug-likeness (QED) is 0.135. The molecule has 422 valence electrons. The van der Waals surface area contributed by atoms with Gasteiger partial charge in [-0.05, 0) is 196 Å². The SMILES string of the molecule is Cc1cc(N(c2ccc(C(C)(C)C)cc2)c2cc(-c3ccc(C(C)(C)C)cc3)cc(-c3ccc(C(C)(C)C)cc3)c2)c(Cl)c(N(c2ccc(C(C)(C)C)cc2)c2cc(-c3ccc(C(C)(C)C)cc3)cc(-c3ccc(C(C)(C)C)cc3)c2)c1. The van der Waals surface area contributed by atoms with Crippen LogP contribution in [0.4, 0.5) is 34.1 Å². The Morgan fingerprint density at radius 1 is 0.232 bits per heavy atom. The summed E-state index contributed by atoms with van der Waals surface area (Å²) in [5.74, 6) is 0. The number of nitrogens with zero attached hydrogens (tertiary/aromatic N) is 2. The summed E-state index contributed by atoms with van der Waals surface area (Å²) in [6.07, 6.45) is 0. The fraction of sp³-hybridized carbons (Fsp3) is 0.316. The van der Waals surface area contributed by atoms with Crippen LogP contribution >= 0.6 is 11.6 Å². The molecule has 0 aliphatic carbocycles. The van der Waals surface area contributed by atoms with Crippen LogP contribution in [0.5, 0.6) is 0 Å². The number of anilines is 6. The van der Waals surface area contributed by atoms with Gasteiger partial charge in [-0.1, -0.05) is 258 Å². The van der Waals surface area contributed by atoms with Gasteiger partial charge in [0.15, 0.2) is 0 Å². The van der Waals surface area contributed by atoms with E-state index in [2.05, 4.69) is 335 Å². The van der Waals surface area contributed by atoms with Crippen LogP contribution in [-0.4, -0.2) is 0 Å². The molecule has 0 radical (unpaired) electrons. The highest BCUT2D eigenvalue weighted by Crippen LogP contribution is 2.50. The monoisotopic (exact) mass is 1100 g/mol. The fourth-order valence-electron chi connectivity index (χ4n) is 10.9. The van der Waals surface area contributed by atoms with Crippen LogP contribution in [0.2, 0.25) is 5.02 Å². The van der Waals surface area contributed by atoms with Crippen molar-refractivity contribution in [3.8, 4) is 44.5 Å². The predicted octanol–water partition coefficient (Wildman–Crippen LogP) is 24.0. The average molecular weight is 1100 g/mol. The Balaban J connectivity index is 1.33. The molecule has 0 bridgehead atoms. The van der Waals surface area contributed by atoms with E-state index in [4.69, 9.17) is 11.6 Å². The molecule has 0 fully saturated rings. The molecule has 0 atom stereocenters. The zero-order chi connectivity index (χ0) is 59.5. The molecule has 9 aromatic rings. The summed E-state index contributed by atoms with van der Waals surface area (Å²) in [7, 11) is 0. The standard InChI is InChI=1S/C79H89ClN2/c1-52-44-71(81(67-40-36-65(37-41-67)78(14,15)16)69-48-57(53-20-28-61(29-21-53)74(2,3)4)46-58(49-69)54-22-30-62(31-23-54)75(5,6)7)73(80)72(45-52)82(68-42-38-66(39-43-68)79(17,18)19)70-50-59(55-24-32-63(33-25-55)76(8,9)10)47-60(51-70)56-26-34-64(35-27-56)77(11,12)13/h20-51H,1-19H3. The first-order valence-corrected chi connectivity index (χ1v) is 30.0. The topological polar surface area (TPSA) is 6.48 Å². The van der Waals surface area contributed by atoms with E-state index >= 15 is 0 Å². The highest BCUT2D eigenvalue weighted by atomic mass is 35.5. The zero-order valence-electron chi connectivity index (χ0n) is 52.7. The van der Waals surface area contributed by atoms with Crippen molar-refractivity contribution in [1.82, 2.24) is 0 Å². The van der Waals surface area contributed by atoms with E-state index in [-0.39, 0.29) is 32.5 Å². The Morgan fingerprint density at radius 3 is 0.622 bits per heavy atom. The molecule has 0 unspecified atom stereocenters. The van der Waals surface area contributed by atoms with E-state index in [1.54, 1.807) is 0 Å². The third-order valence-corrected chi connectivity index (χ3v) is 16.7. The third-order valence-electron chi connectivity index (χ3n) is 16.3. The molecule has 9 rings (SSSR count). The normalized spacial score (nSPS) is 12.6. The van der Waals surface area contributed by atoms with E-state index in [1.807, 2.05) is 0 Å². The molecule has 0 aliphatic rings. The van der Waals surface area contributed by atoms with E-state index in [0.717, 1.165) is 84.2 Å². The summed E-state index contributed by atoms with van der Waals surface area (Å²) in [5.41, 5.74) is 23.8. The van der Waals surface area contributed by atoms with Gasteiger partial charge < -0.3 is 9.80 Å². The predicted molar refractivity (Wildman–Crippen MR) is 359 cm³/mol. The Bertz CT molecular complexity index is 3290. The smallest absolute Gasteiger partial charge is 0.0887 e. The van der Waals surface area contributed by atoms with Crippen molar-refractivity contribution >= 4 is 45.7 Å². The lowest BCUT2D eigenvalue weighted by Crippen LogP contribution is -2.16. The largest absolute Gasteiger partial charge is 0.309 e. The first-order chi connectivity index (χ1) is 38.2. The Kier molecular flexibility index (Phi) is 16.1. The van der Waals surface area contributed by atoms with Crippen LogP contribution in [0.15, 0.2) is 194 Å².